The average Bonchev–Trinajstić information content (AvgIpc) is 3.80. The molecule has 1 nitrogen and oxygen atoms in total. The van der Waals surface area contributed by atoms with Gasteiger partial charge in [0.2, 0.25) is 0 Å². The first-order chi connectivity index (χ1) is 32.0. The molecule has 3 aliphatic rings. The number of nitrogens with zero attached hydrogens (tertiary/aromatic N) is 1. The largest absolute Gasteiger partial charge is 0.314 e. The molecule has 1 unspecified atom stereocenters. The molecule has 65 heavy (non-hydrogen) atoms. The second-order valence-corrected chi connectivity index (χ2v) is 18.4. The molecule has 0 aromatic heterocycles. The Kier molecular flexibility index (Phi) is 9.28. The van der Waals surface area contributed by atoms with Crippen LogP contribution < -0.4 is 4.90 Å². The number of rotatable bonds is 8. The monoisotopic (exact) mass is 831 g/mol. The van der Waals surface area contributed by atoms with Gasteiger partial charge >= 0.3 is 0 Å². The normalized spacial score (nSPS) is 15.9. The van der Waals surface area contributed by atoms with E-state index >= 15 is 0 Å². The third-order valence-electron chi connectivity index (χ3n) is 14.5. The Morgan fingerprint density at radius 3 is 1.65 bits per heavy atom. The van der Waals surface area contributed by atoms with Crippen molar-refractivity contribution in [2.24, 2.45) is 0 Å². The van der Waals surface area contributed by atoms with Crippen LogP contribution in [0.1, 0.15) is 65.1 Å². The lowest BCUT2D eigenvalue weighted by Crippen LogP contribution is -2.28. The second-order valence-electron chi connectivity index (χ2n) is 18.4. The maximum atomic E-state index is 2.57. The van der Waals surface area contributed by atoms with Crippen LogP contribution in [0.2, 0.25) is 0 Å². The number of anilines is 2. The van der Waals surface area contributed by atoms with Gasteiger partial charge in [-0.1, -0.05) is 232 Å². The first kappa shape index (κ1) is 38.9. The molecule has 0 heterocycles. The molecule has 3 aliphatic carbocycles. The fourth-order valence-electron chi connectivity index (χ4n) is 11.5. The first-order valence-corrected chi connectivity index (χ1v) is 23.0. The molecule has 12 rings (SSSR count). The van der Waals surface area contributed by atoms with Gasteiger partial charge in [0.05, 0.1) is 11.1 Å². The van der Waals surface area contributed by atoms with E-state index in [4.69, 9.17) is 0 Å². The van der Waals surface area contributed by atoms with E-state index in [-0.39, 0.29) is 11.3 Å². The van der Waals surface area contributed by atoms with E-state index in [1.165, 1.54) is 94.8 Å². The van der Waals surface area contributed by atoms with Crippen molar-refractivity contribution < 1.29 is 0 Å². The van der Waals surface area contributed by atoms with Crippen molar-refractivity contribution in [1.29, 1.82) is 0 Å². The van der Waals surface area contributed by atoms with Crippen LogP contribution in [-0.4, -0.2) is 0 Å². The molecule has 0 saturated heterocycles. The van der Waals surface area contributed by atoms with Crippen LogP contribution in [0.15, 0.2) is 248 Å². The highest BCUT2D eigenvalue weighted by atomic mass is 15.2. The highest BCUT2D eigenvalue weighted by molar-refractivity contribution is 5.96. The van der Waals surface area contributed by atoms with Gasteiger partial charge < -0.3 is 4.90 Å². The van der Waals surface area contributed by atoms with Crippen LogP contribution in [0.25, 0.3) is 44.5 Å². The molecule has 0 bridgehead atoms. The zero-order valence-corrected chi connectivity index (χ0v) is 36.8. The molecule has 0 N–H and O–H groups in total. The lowest BCUT2D eigenvalue weighted by Gasteiger charge is -2.35. The Hall–Kier alpha value is -7.74. The summed E-state index contributed by atoms with van der Waals surface area (Å²) in [5.41, 5.74) is 22.3. The van der Waals surface area contributed by atoms with Crippen LogP contribution in [0.5, 0.6) is 0 Å². The molecule has 310 valence electrons. The predicted octanol–water partition coefficient (Wildman–Crippen LogP) is 16.5. The SMILES string of the molecule is CC1(C)c2ccccc2-c2ccc(N(C3=CC=CC(c4ccccc4)C3)c3cccc(-c4ccccc4)c3-c3ccc(C4(c5ccccc5)c5ccccc5-c5ccccc54)cc3)cc21. The first-order valence-electron chi connectivity index (χ1n) is 23.0. The molecule has 0 spiro atoms. The summed E-state index contributed by atoms with van der Waals surface area (Å²) in [6.07, 6.45) is 7.84. The molecule has 0 aliphatic heterocycles. The molecule has 1 atom stereocenters. The van der Waals surface area contributed by atoms with Crippen molar-refractivity contribution in [2.45, 2.75) is 37.0 Å². The smallest absolute Gasteiger partial charge is 0.0713 e. The van der Waals surface area contributed by atoms with E-state index < -0.39 is 5.41 Å². The Bertz CT molecular complexity index is 3250. The van der Waals surface area contributed by atoms with Crippen LogP contribution in [0.3, 0.4) is 0 Å². The highest BCUT2D eigenvalue weighted by Gasteiger charge is 2.46. The summed E-state index contributed by atoms with van der Waals surface area (Å²) in [6, 6.07) is 83.6. The van der Waals surface area contributed by atoms with E-state index in [9.17, 15) is 0 Å². The highest BCUT2D eigenvalue weighted by Crippen LogP contribution is 2.57. The van der Waals surface area contributed by atoms with Crippen molar-refractivity contribution in [3.63, 3.8) is 0 Å². The molecule has 0 fully saturated rings. The minimum atomic E-state index is -0.471. The Morgan fingerprint density at radius 2 is 0.969 bits per heavy atom. The molecular weight excluding hydrogens is 783 g/mol. The summed E-state index contributed by atoms with van der Waals surface area (Å²) in [4.78, 5) is 2.57. The number of allylic oxidation sites excluding steroid dienone is 4. The second kappa shape index (κ2) is 15.5. The van der Waals surface area contributed by atoms with Gasteiger partial charge in [-0.3, -0.25) is 0 Å². The maximum absolute atomic E-state index is 2.57. The lowest BCUT2D eigenvalue weighted by atomic mass is 9.67. The maximum Gasteiger partial charge on any atom is 0.0713 e. The van der Waals surface area contributed by atoms with Gasteiger partial charge in [0.15, 0.2) is 0 Å². The lowest BCUT2D eigenvalue weighted by molar-refractivity contribution is 0.660. The summed E-state index contributed by atoms with van der Waals surface area (Å²) < 4.78 is 0. The quantitative estimate of drug-likeness (QED) is 0.147. The number of hydrogen-bond acceptors (Lipinski definition) is 1. The summed E-state index contributed by atoms with van der Waals surface area (Å²) in [5.74, 6) is 0.250. The van der Waals surface area contributed by atoms with Gasteiger partial charge in [0, 0.05) is 28.3 Å². The Balaban J connectivity index is 1.08. The van der Waals surface area contributed by atoms with E-state index in [0.717, 1.165) is 12.1 Å². The van der Waals surface area contributed by atoms with Gasteiger partial charge in [-0.05, 0) is 109 Å². The van der Waals surface area contributed by atoms with Crippen molar-refractivity contribution in [2.75, 3.05) is 4.90 Å². The van der Waals surface area contributed by atoms with Crippen LogP contribution in [0.4, 0.5) is 11.4 Å². The van der Waals surface area contributed by atoms with Crippen molar-refractivity contribution in [3.05, 3.63) is 287 Å². The standard InChI is InChI=1S/C64H49N/c1-63(2)57-32-15-12-28-53(57)56-41-40-51(43-60(56)63)65(50-27-18-24-47(42-50)44-20-6-3-7-21-44)61-35-19-31-52(45-22-8-4-9-23-45)62(61)46-36-38-49(39-37-46)64(48-25-10-5-11-26-48)58-33-16-13-29-54(58)55-30-14-17-34-59(55)64/h3-41,43,47H,42H2,1-2H3. The van der Waals surface area contributed by atoms with Gasteiger partial charge in [0.1, 0.15) is 0 Å². The summed E-state index contributed by atoms with van der Waals surface area (Å²) in [6.45, 7) is 4.76. The molecule has 9 aromatic rings. The van der Waals surface area contributed by atoms with E-state index in [1.54, 1.807) is 0 Å². The fourth-order valence-corrected chi connectivity index (χ4v) is 11.5. The third-order valence-corrected chi connectivity index (χ3v) is 14.5. The predicted molar refractivity (Wildman–Crippen MR) is 272 cm³/mol. The van der Waals surface area contributed by atoms with E-state index in [2.05, 4.69) is 261 Å². The molecule has 0 saturated carbocycles. The van der Waals surface area contributed by atoms with Gasteiger partial charge in [0.25, 0.3) is 0 Å². The van der Waals surface area contributed by atoms with Crippen LogP contribution in [0, 0.1) is 0 Å². The average molecular weight is 832 g/mol. The summed E-state index contributed by atoms with van der Waals surface area (Å²) >= 11 is 0. The number of hydrogen-bond donors (Lipinski definition) is 0. The topological polar surface area (TPSA) is 3.24 Å². The number of benzene rings is 9. The molecule has 9 aromatic carbocycles. The van der Waals surface area contributed by atoms with Crippen molar-refractivity contribution >= 4 is 11.4 Å². The number of fused-ring (bicyclic) bond motifs is 6. The van der Waals surface area contributed by atoms with Crippen molar-refractivity contribution in [1.82, 2.24) is 0 Å². The third kappa shape index (κ3) is 6.14. The van der Waals surface area contributed by atoms with Gasteiger partial charge in [-0.25, -0.2) is 0 Å². The zero-order chi connectivity index (χ0) is 43.5. The molecule has 1 heteroatoms. The Labute approximate surface area is 383 Å². The minimum Gasteiger partial charge on any atom is -0.314 e. The van der Waals surface area contributed by atoms with E-state index in [0.29, 0.717) is 0 Å². The minimum absolute atomic E-state index is 0.141. The molecular formula is C64H49N. The van der Waals surface area contributed by atoms with Crippen LogP contribution >= 0.6 is 0 Å². The molecule has 0 radical (unpaired) electrons. The van der Waals surface area contributed by atoms with Crippen molar-refractivity contribution in [3.8, 4) is 44.5 Å². The Morgan fingerprint density at radius 1 is 0.431 bits per heavy atom. The van der Waals surface area contributed by atoms with E-state index in [1.807, 2.05) is 0 Å². The fraction of sp³-hybridized carbons (Fsp3) is 0.0938. The summed E-state index contributed by atoms with van der Waals surface area (Å²) in [5, 5.41) is 0. The van der Waals surface area contributed by atoms with Gasteiger partial charge in [-0.15, -0.1) is 0 Å². The van der Waals surface area contributed by atoms with Crippen LogP contribution in [-0.2, 0) is 10.8 Å². The molecule has 0 amide bonds. The summed E-state index contributed by atoms with van der Waals surface area (Å²) in [7, 11) is 0. The zero-order valence-electron chi connectivity index (χ0n) is 36.8. The van der Waals surface area contributed by atoms with Gasteiger partial charge in [-0.2, -0.15) is 0 Å².